The summed E-state index contributed by atoms with van der Waals surface area (Å²) in [5.74, 6) is -3.99. The van der Waals surface area contributed by atoms with E-state index in [1.165, 1.54) is 0 Å². The minimum absolute atomic E-state index is 0. The first-order chi connectivity index (χ1) is 5.46. The van der Waals surface area contributed by atoms with Gasteiger partial charge in [-0.25, -0.2) is 0 Å². The van der Waals surface area contributed by atoms with Crippen molar-refractivity contribution in [3.05, 3.63) is 21.6 Å². The molecule has 1 aliphatic carbocycles. The number of hydrogen-bond donors (Lipinski definition) is 2. The predicted molar refractivity (Wildman–Crippen MR) is 52.5 cm³/mol. The number of aliphatic hydroxyl groups is 2. The van der Waals surface area contributed by atoms with Gasteiger partial charge in [0.1, 0.15) is 10.1 Å². The third-order valence-corrected chi connectivity index (χ3v) is 1.95. The molecule has 0 aromatic rings. The van der Waals surface area contributed by atoms with Gasteiger partial charge in [-0.05, 0) is 0 Å². The van der Waals surface area contributed by atoms with Gasteiger partial charge in [-0.2, -0.15) is 0 Å². The second-order valence-electron chi connectivity index (χ2n) is 1.98. The SMILES string of the molecule is O=C1C(O)=C(Cl)C(=O)C(O)=C1Cl.[Na].[Na]. The molecular formula is C6H2Cl2Na2O4. The van der Waals surface area contributed by atoms with Gasteiger partial charge in [0, 0.05) is 59.1 Å². The maximum absolute atomic E-state index is 10.8. The van der Waals surface area contributed by atoms with E-state index in [4.69, 9.17) is 33.4 Å². The van der Waals surface area contributed by atoms with E-state index in [0.29, 0.717) is 0 Å². The number of carbonyl (C=O) groups excluding carboxylic acids is 2. The van der Waals surface area contributed by atoms with Gasteiger partial charge in [0.15, 0.2) is 11.5 Å². The molecule has 0 saturated heterocycles. The number of Topliss-reactive ketones (excluding diaryl/α,β-unsaturated/α-hetero) is 2. The van der Waals surface area contributed by atoms with E-state index < -0.39 is 33.1 Å². The summed E-state index contributed by atoms with van der Waals surface area (Å²) >= 11 is 10.4. The van der Waals surface area contributed by atoms with Gasteiger partial charge in [0.05, 0.1) is 0 Å². The maximum Gasteiger partial charge on any atom is 0.244 e. The van der Waals surface area contributed by atoms with Gasteiger partial charge >= 0.3 is 0 Å². The molecular weight excluding hydrogens is 253 g/mol. The summed E-state index contributed by atoms with van der Waals surface area (Å²) in [6, 6.07) is 0. The molecule has 0 saturated carbocycles. The fourth-order valence-corrected chi connectivity index (χ4v) is 0.973. The van der Waals surface area contributed by atoms with Crippen LogP contribution in [0.3, 0.4) is 0 Å². The normalized spacial score (nSPS) is 16.4. The van der Waals surface area contributed by atoms with Crippen LogP contribution in [0, 0.1) is 0 Å². The van der Waals surface area contributed by atoms with Crippen LogP contribution in [-0.2, 0) is 9.59 Å². The zero-order valence-corrected chi connectivity index (χ0v) is 13.0. The maximum atomic E-state index is 10.8. The van der Waals surface area contributed by atoms with E-state index in [0.717, 1.165) is 0 Å². The molecule has 0 aromatic heterocycles. The van der Waals surface area contributed by atoms with Gasteiger partial charge in [-0.1, -0.05) is 23.2 Å². The number of aliphatic hydroxyl groups excluding tert-OH is 2. The molecule has 66 valence electrons. The van der Waals surface area contributed by atoms with Gasteiger partial charge in [-0.15, -0.1) is 0 Å². The first-order valence-corrected chi connectivity index (χ1v) is 3.49. The van der Waals surface area contributed by atoms with Crippen LogP contribution in [0.2, 0.25) is 0 Å². The predicted octanol–water partition coefficient (Wildman–Crippen LogP) is 0.393. The molecule has 0 heterocycles. The number of halogens is 2. The van der Waals surface area contributed by atoms with Crippen molar-refractivity contribution in [2.24, 2.45) is 0 Å². The molecule has 0 spiro atoms. The van der Waals surface area contributed by atoms with Crippen LogP contribution < -0.4 is 0 Å². The number of ketones is 2. The smallest absolute Gasteiger partial charge is 0.244 e. The second kappa shape index (κ2) is 6.55. The Labute approximate surface area is 134 Å². The van der Waals surface area contributed by atoms with Crippen molar-refractivity contribution < 1.29 is 19.8 Å². The second-order valence-corrected chi connectivity index (χ2v) is 2.74. The zero-order valence-electron chi connectivity index (χ0n) is 7.47. The summed E-state index contributed by atoms with van der Waals surface area (Å²) in [6.45, 7) is 0. The molecule has 1 rings (SSSR count). The third-order valence-electron chi connectivity index (χ3n) is 1.24. The summed E-state index contributed by atoms with van der Waals surface area (Å²) in [4.78, 5) is 21.6. The Morgan fingerprint density at radius 3 is 1.21 bits per heavy atom. The van der Waals surface area contributed by atoms with Crippen LogP contribution in [-0.4, -0.2) is 80.9 Å². The molecule has 0 aliphatic heterocycles. The van der Waals surface area contributed by atoms with Gasteiger partial charge in [0.25, 0.3) is 0 Å². The van der Waals surface area contributed by atoms with Crippen LogP contribution in [0.1, 0.15) is 0 Å². The molecule has 0 fully saturated rings. The summed E-state index contributed by atoms with van der Waals surface area (Å²) in [6.07, 6.45) is 0. The number of rotatable bonds is 0. The van der Waals surface area contributed by atoms with E-state index in [1.807, 2.05) is 0 Å². The summed E-state index contributed by atoms with van der Waals surface area (Å²) in [5, 5.41) is 16.3. The van der Waals surface area contributed by atoms with E-state index in [-0.39, 0.29) is 59.1 Å². The summed E-state index contributed by atoms with van der Waals surface area (Å²) in [5.41, 5.74) is 0. The molecule has 0 aromatic carbocycles. The topological polar surface area (TPSA) is 74.6 Å². The van der Waals surface area contributed by atoms with Crippen molar-refractivity contribution in [1.29, 1.82) is 0 Å². The molecule has 14 heavy (non-hydrogen) atoms. The Bertz CT molecular complexity index is 286. The van der Waals surface area contributed by atoms with Gasteiger partial charge < -0.3 is 10.2 Å². The fourth-order valence-electron chi connectivity index (χ4n) is 0.622. The van der Waals surface area contributed by atoms with Crippen LogP contribution in [0.15, 0.2) is 21.6 Å². The Kier molecular flexibility index (Phi) is 8.14. The largest absolute Gasteiger partial charge is 0.503 e. The Morgan fingerprint density at radius 2 is 1.00 bits per heavy atom. The zero-order chi connectivity index (χ0) is 9.46. The number of hydrogen-bond acceptors (Lipinski definition) is 4. The molecule has 8 heteroatoms. The number of carbonyl (C=O) groups is 2. The van der Waals surface area contributed by atoms with Crippen LogP contribution >= 0.6 is 23.2 Å². The summed E-state index contributed by atoms with van der Waals surface area (Å²) < 4.78 is 0. The molecule has 2 radical (unpaired) electrons. The summed E-state index contributed by atoms with van der Waals surface area (Å²) in [7, 11) is 0. The quantitative estimate of drug-likeness (QED) is 0.485. The van der Waals surface area contributed by atoms with E-state index >= 15 is 0 Å². The van der Waals surface area contributed by atoms with Crippen molar-refractivity contribution in [1.82, 2.24) is 0 Å². The van der Waals surface area contributed by atoms with Gasteiger partial charge in [-0.3, -0.25) is 9.59 Å². The first-order valence-electron chi connectivity index (χ1n) is 2.73. The van der Waals surface area contributed by atoms with Crippen LogP contribution in [0.5, 0.6) is 0 Å². The molecule has 0 atom stereocenters. The Hall–Kier alpha value is 1.00. The minimum atomic E-state index is -1.06. The van der Waals surface area contributed by atoms with E-state index in [2.05, 4.69) is 0 Å². The van der Waals surface area contributed by atoms with Crippen LogP contribution in [0.4, 0.5) is 0 Å². The average molecular weight is 255 g/mol. The Morgan fingerprint density at radius 1 is 0.786 bits per heavy atom. The Balaban J connectivity index is 0. The van der Waals surface area contributed by atoms with Crippen LogP contribution in [0.25, 0.3) is 0 Å². The molecule has 1 aliphatic rings. The van der Waals surface area contributed by atoms with Crippen molar-refractivity contribution in [2.45, 2.75) is 0 Å². The van der Waals surface area contributed by atoms with Crippen molar-refractivity contribution in [3.63, 3.8) is 0 Å². The van der Waals surface area contributed by atoms with Crippen molar-refractivity contribution in [2.75, 3.05) is 0 Å². The average Bonchev–Trinajstić information content (AvgIpc) is 2.08. The molecule has 0 amide bonds. The molecule has 0 bridgehead atoms. The standard InChI is InChI=1S/C6H2Cl2O4.2Na/c7-1-3(9)5(11)2(8)6(12)4(1)10;;/h9,12H;;. The monoisotopic (exact) mass is 254 g/mol. The third kappa shape index (κ3) is 3.00. The van der Waals surface area contributed by atoms with E-state index in [9.17, 15) is 9.59 Å². The molecule has 4 nitrogen and oxygen atoms in total. The van der Waals surface area contributed by atoms with Crippen molar-refractivity contribution in [3.8, 4) is 0 Å². The van der Waals surface area contributed by atoms with Crippen molar-refractivity contribution >= 4 is 93.9 Å². The van der Waals surface area contributed by atoms with E-state index in [1.54, 1.807) is 0 Å². The molecule has 0 unspecified atom stereocenters. The minimum Gasteiger partial charge on any atom is -0.503 e. The fraction of sp³-hybridized carbons (Fsp3) is 0. The molecule has 2 N–H and O–H groups in total. The number of allylic oxidation sites excluding steroid dienone is 2. The first kappa shape index (κ1) is 17.4. The van der Waals surface area contributed by atoms with Gasteiger partial charge in [0.2, 0.25) is 11.6 Å².